The predicted octanol–water partition coefficient (Wildman–Crippen LogP) is 0.921. The zero-order valence-corrected chi connectivity index (χ0v) is 10.4. The van der Waals surface area contributed by atoms with Gasteiger partial charge in [0, 0.05) is 45.2 Å². The summed E-state index contributed by atoms with van der Waals surface area (Å²) < 4.78 is 14.3. The second kappa shape index (κ2) is 5.29. The molecule has 0 atom stereocenters. The van der Waals surface area contributed by atoms with Gasteiger partial charge in [-0.2, -0.15) is 0 Å². The second-order valence-corrected chi connectivity index (χ2v) is 4.61. The Labute approximate surface area is 105 Å². The number of amides is 1. The van der Waals surface area contributed by atoms with Crippen molar-refractivity contribution in [3.63, 3.8) is 0 Å². The molecule has 1 amide bonds. The van der Waals surface area contributed by atoms with Crippen molar-refractivity contribution in [2.24, 2.45) is 0 Å². The van der Waals surface area contributed by atoms with Crippen molar-refractivity contribution in [3.8, 4) is 0 Å². The summed E-state index contributed by atoms with van der Waals surface area (Å²) in [5.74, 6) is 0.586. The average Bonchev–Trinajstić information content (AvgIpc) is 2.39. The van der Waals surface area contributed by atoms with E-state index in [9.17, 15) is 9.18 Å². The molecule has 0 spiro atoms. The molecule has 1 fully saturated rings. The molecule has 1 aliphatic rings. The molecule has 0 radical (unpaired) electrons. The van der Waals surface area contributed by atoms with Gasteiger partial charge in [-0.15, -0.1) is 0 Å². The van der Waals surface area contributed by atoms with Crippen LogP contribution in [0.4, 0.5) is 10.2 Å². The molecule has 1 aliphatic heterocycles. The highest BCUT2D eigenvalue weighted by molar-refractivity contribution is 5.72. The van der Waals surface area contributed by atoms with Crippen molar-refractivity contribution in [3.05, 3.63) is 18.6 Å². The van der Waals surface area contributed by atoms with Gasteiger partial charge in [-0.1, -0.05) is 0 Å². The van der Waals surface area contributed by atoms with Gasteiger partial charge < -0.3 is 10.2 Å². The van der Waals surface area contributed by atoms with Crippen molar-refractivity contribution in [2.45, 2.75) is 25.4 Å². The number of aromatic nitrogens is 2. The Hall–Kier alpha value is -1.72. The molecular weight excluding hydrogens is 235 g/mol. The van der Waals surface area contributed by atoms with Gasteiger partial charge in [-0.25, -0.2) is 9.37 Å². The molecule has 18 heavy (non-hydrogen) atoms. The van der Waals surface area contributed by atoms with Gasteiger partial charge in [0.2, 0.25) is 5.91 Å². The van der Waals surface area contributed by atoms with E-state index in [-0.39, 0.29) is 12.5 Å². The second-order valence-electron chi connectivity index (χ2n) is 4.61. The Morgan fingerprint density at radius 2 is 2.22 bits per heavy atom. The van der Waals surface area contributed by atoms with Crippen LogP contribution < -0.4 is 10.2 Å². The topological polar surface area (TPSA) is 58.1 Å². The summed E-state index contributed by atoms with van der Waals surface area (Å²) in [5.41, 5.74) is -1.30. The van der Waals surface area contributed by atoms with Crippen LogP contribution in [-0.2, 0) is 4.79 Å². The maximum absolute atomic E-state index is 14.3. The molecule has 0 bridgehead atoms. The highest BCUT2D eigenvalue weighted by Crippen LogP contribution is 2.27. The van der Waals surface area contributed by atoms with Crippen LogP contribution in [0.25, 0.3) is 0 Å². The van der Waals surface area contributed by atoms with Crippen LogP contribution in [0.3, 0.4) is 0 Å². The SMILES string of the molecule is CC(=O)NCC1(F)CCN(c2cnccn2)CC1. The molecule has 98 valence electrons. The van der Waals surface area contributed by atoms with Gasteiger partial charge in [0.05, 0.1) is 12.7 Å². The third kappa shape index (κ3) is 3.15. The van der Waals surface area contributed by atoms with Crippen LogP contribution >= 0.6 is 0 Å². The lowest BCUT2D eigenvalue weighted by Crippen LogP contribution is -2.48. The minimum atomic E-state index is -1.30. The van der Waals surface area contributed by atoms with Gasteiger partial charge in [0.1, 0.15) is 11.5 Å². The first-order chi connectivity index (χ1) is 8.59. The summed E-state index contributed by atoms with van der Waals surface area (Å²) in [5, 5.41) is 2.55. The van der Waals surface area contributed by atoms with Crippen molar-refractivity contribution in [1.82, 2.24) is 15.3 Å². The molecule has 0 unspecified atom stereocenters. The lowest BCUT2D eigenvalue weighted by molar-refractivity contribution is -0.119. The molecular formula is C12H17FN4O. The lowest BCUT2D eigenvalue weighted by atomic mass is 9.93. The quantitative estimate of drug-likeness (QED) is 0.869. The first-order valence-electron chi connectivity index (χ1n) is 6.03. The van der Waals surface area contributed by atoms with Crippen LogP contribution in [0.1, 0.15) is 19.8 Å². The minimum Gasteiger partial charge on any atom is -0.355 e. The highest BCUT2D eigenvalue weighted by Gasteiger charge is 2.34. The molecule has 1 saturated heterocycles. The third-order valence-electron chi connectivity index (χ3n) is 3.19. The number of carbonyl (C=O) groups is 1. The monoisotopic (exact) mass is 252 g/mol. The smallest absolute Gasteiger partial charge is 0.216 e. The van der Waals surface area contributed by atoms with E-state index in [2.05, 4.69) is 15.3 Å². The molecule has 1 N–H and O–H groups in total. The zero-order valence-electron chi connectivity index (χ0n) is 10.4. The number of piperidine rings is 1. The Morgan fingerprint density at radius 3 is 2.78 bits per heavy atom. The molecule has 2 rings (SSSR count). The molecule has 0 aromatic carbocycles. The standard InChI is InChI=1S/C12H17FN4O/c1-10(18)16-9-12(13)2-6-17(7-3-12)11-8-14-4-5-15-11/h4-5,8H,2-3,6-7,9H2,1H3,(H,16,18). The van der Waals surface area contributed by atoms with E-state index in [0.717, 1.165) is 5.82 Å². The van der Waals surface area contributed by atoms with Crippen molar-refractivity contribution in [2.75, 3.05) is 24.5 Å². The van der Waals surface area contributed by atoms with Crippen molar-refractivity contribution in [1.29, 1.82) is 0 Å². The first kappa shape index (κ1) is 12.7. The van der Waals surface area contributed by atoms with Crippen molar-refractivity contribution >= 4 is 11.7 Å². The largest absolute Gasteiger partial charge is 0.355 e. The van der Waals surface area contributed by atoms with Crippen LogP contribution in [0, 0.1) is 0 Å². The number of nitrogens with one attached hydrogen (secondary N) is 1. The highest BCUT2D eigenvalue weighted by atomic mass is 19.1. The molecule has 2 heterocycles. The summed E-state index contributed by atoms with van der Waals surface area (Å²) in [4.78, 5) is 21.0. The fraction of sp³-hybridized carbons (Fsp3) is 0.583. The minimum absolute atomic E-state index is 0.0939. The zero-order chi connectivity index (χ0) is 13.0. The number of rotatable bonds is 3. The van der Waals surface area contributed by atoms with Gasteiger partial charge in [0.25, 0.3) is 0 Å². The van der Waals surface area contributed by atoms with Crippen LogP contribution in [0.15, 0.2) is 18.6 Å². The van der Waals surface area contributed by atoms with Crippen molar-refractivity contribution < 1.29 is 9.18 Å². The maximum atomic E-state index is 14.3. The summed E-state index contributed by atoms with van der Waals surface area (Å²) in [6.45, 7) is 2.68. The number of anilines is 1. The van der Waals surface area contributed by atoms with E-state index >= 15 is 0 Å². The van der Waals surface area contributed by atoms with Gasteiger partial charge in [-0.05, 0) is 0 Å². The number of hydrogen-bond acceptors (Lipinski definition) is 4. The summed E-state index contributed by atoms with van der Waals surface area (Å²) in [6.07, 6.45) is 5.71. The number of halogens is 1. The lowest BCUT2D eigenvalue weighted by Gasteiger charge is -2.36. The summed E-state index contributed by atoms with van der Waals surface area (Å²) >= 11 is 0. The number of hydrogen-bond donors (Lipinski definition) is 1. The molecule has 1 aromatic heterocycles. The van der Waals surface area contributed by atoms with E-state index in [4.69, 9.17) is 0 Å². The summed E-state index contributed by atoms with van der Waals surface area (Å²) in [7, 11) is 0. The molecule has 0 aliphatic carbocycles. The van der Waals surface area contributed by atoms with E-state index in [1.54, 1.807) is 18.6 Å². The molecule has 0 saturated carbocycles. The number of alkyl halides is 1. The fourth-order valence-corrected chi connectivity index (χ4v) is 2.05. The van der Waals surface area contributed by atoms with Crippen LogP contribution in [-0.4, -0.2) is 41.2 Å². The molecule has 5 nitrogen and oxygen atoms in total. The normalized spacial score (nSPS) is 18.4. The van der Waals surface area contributed by atoms with E-state index < -0.39 is 5.67 Å². The van der Waals surface area contributed by atoms with Gasteiger partial charge in [0.15, 0.2) is 0 Å². The number of carbonyl (C=O) groups excluding carboxylic acids is 1. The summed E-state index contributed by atoms with van der Waals surface area (Å²) in [6, 6.07) is 0. The fourth-order valence-electron chi connectivity index (χ4n) is 2.05. The van der Waals surface area contributed by atoms with Crippen LogP contribution in [0.5, 0.6) is 0 Å². The first-order valence-corrected chi connectivity index (χ1v) is 6.03. The van der Waals surface area contributed by atoms with Gasteiger partial charge >= 0.3 is 0 Å². The predicted molar refractivity (Wildman–Crippen MR) is 66.0 cm³/mol. The molecule has 1 aromatic rings. The molecule has 6 heteroatoms. The van der Waals surface area contributed by atoms with E-state index in [1.165, 1.54) is 6.92 Å². The number of nitrogens with zero attached hydrogens (tertiary/aromatic N) is 3. The maximum Gasteiger partial charge on any atom is 0.216 e. The van der Waals surface area contributed by atoms with Crippen LogP contribution in [0.2, 0.25) is 0 Å². The average molecular weight is 252 g/mol. The van der Waals surface area contributed by atoms with E-state index in [0.29, 0.717) is 25.9 Å². The Balaban J connectivity index is 1.89. The Kier molecular flexibility index (Phi) is 3.74. The third-order valence-corrected chi connectivity index (χ3v) is 3.19. The Bertz CT molecular complexity index is 404. The van der Waals surface area contributed by atoms with Gasteiger partial charge in [-0.3, -0.25) is 9.78 Å². The van der Waals surface area contributed by atoms with E-state index in [1.807, 2.05) is 4.90 Å². The Morgan fingerprint density at radius 1 is 1.50 bits per heavy atom.